The zero-order valence-electron chi connectivity index (χ0n) is 15.5. The average Bonchev–Trinajstić information content (AvgIpc) is 3.15. The fraction of sp³-hybridized carbons (Fsp3) is 0.556. The van der Waals surface area contributed by atoms with Crippen molar-refractivity contribution in [2.75, 3.05) is 56.2 Å². The minimum Gasteiger partial charge on any atom is -0.379 e. The highest BCUT2D eigenvalue weighted by Crippen LogP contribution is 2.34. The second-order valence-corrected chi connectivity index (χ2v) is 10.5. The van der Waals surface area contributed by atoms with Gasteiger partial charge in [-0.25, -0.2) is 8.42 Å². The maximum absolute atomic E-state index is 12.4. The molecule has 3 aliphatic rings. The van der Waals surface area contributed by atoms with Crippen LogP contribution in [0.1, 0.15) is 10.4 Å². The SMILES string of the molecule is O=C(NCCN1CCOCC1)c1cccc(NC2=N[C@H]3CS(=O)(=O)C[C@H]3S2)c1. The molecule has 0 bridgehead atoms. The van der Waals surface area contributed by atoms with E-state index in [0.717, 1.165) is 43.7 Å². The maximum atomic E-state index is 12.4. The van der Waals surface area contributed by atoms with Gasteiger partial charge in [-0.2, -0.15) is 0 Å². The number of fused-ring (bicyclic) bond motifs is 1. The fourth-order valence-corrected chi connectivity index (χ4v) is 7.21. The van der Waals surface area contributed by atoms with Gasteiger partial charge in [0.1, 0.15) is 0 Å². The molecular weight excluding hydrogens is 400 g/mol. The Morgan fingerprint density at radius 3 is 2.89 bits per heavy atom. The van der Waals surface area contributed by atoms with Crippen LogP contribution < -0.4 is 10.6 Å². The molecule has 1 aromatic carbocycles. The number of hydrogen-bond acceptors (Lipinski definition) is 8. The van der Waals surface area contributed by atoms with Crippen LogP contribution in [-0.4, -0.2) is 86.6 Å². The Bertz CT molecular complexity index is 868. The van der Waals surface area contributed by atoms with Gasteiger partial charge in [-0.3, -0.25) is 14.7 Å². The summed E-state index contributed by atoms with van der Waals surface area (Å²) in [5, 5.41) is 6.89. The number of ether oxygens (including phenoxy) is 1. The van der Waals surface area contributed by atoms with Crippen molar-refractivity contribution in [2.24, 2.45) is 4.99 Å². The molecule has 0 aromatic heterocycles. The molecular formula is C18H24N4O4S2. The van der Waals surface area contributed by atoms with Crippen LogP contribution in [0.2, 0.25) is 0 Å². The van der Waals surface area contributed by atoms with E-state index in [2.05, 4.69) is 20.5 Å². The number of carbonyl (C=O) groups excluding carboxylic acids is 1. The molecule has 28 heavy (non-hydrogen) atoms. The van der Waals surface area contributed by atoms with Crippen LogP contribution >= 0.6 is 11.8 Å². The maximum Gasteiger partial charge on any atom is 0.251 e. The van der Waals surface area contributed by atoms with E-state index in [4.69, 9.17) is 4.74 Å². The van der Waals surface area contributed by atoms with E-state index in [1.165, 1.54) is 11.8 Å². The third kappa shape index (κ3) is 4.86. The number of morpholine rings is 1. The van der Waals surface area contributed by atoms with Crippen molar-refractivity contribution in [1.29, 1.82) is 0 Å². The molecule has 2 N–H and O–H groups in total. The standard InChI is InChI=1S/C18H24N4O4S2/c23-17(19-4-5-22-6-8-26-9-7-22)13-2-1-3-14(10-13)20-18-21-15-11-28(24,25)12-16(15)27-18/h1-3,10,15-16H,4-9,11-12H2,(H,19,23)(H,20,21)/t15-,16+/m0/s1. The van der Waals surface area contributed by atoms with Gasteiger partial charge >= 0.3 is 0 Å². The van der Waals surface area contributed by atoms with Crippen LogP contribution in [0.15, 0.2) is 29.3 Å². The summed E-state index contributed by atoms with van der Waals surface area (Å²) >= 11 is 1.47. The normalized spacial score (nSPS) is 26.5. The second kappa shape index (κ2) is 8.40. The quantitative estimate of drug-likeness (QED) is 0.707. The lowest BCUT2D eigenvalue weighted by Crippen LogP contribution is -2.41. The molecule has 152 valence electrons. The molecule has 0 radical (unpaired) electrons. The van der Waals surface area contributed by atoms with Crippen LogP contribution in [0.5, 0.6) is 0 Å². The Labute approximate surface area is 169 Å². The third-order valence-electron chi connectivity index (χ3n) is 5.01. The first kappa shape index (κ1) is 19.7. The number of anilines is 1. The first-order valence-corrected chi connectivity index (χ1v) is 12.1. The molecule has 2 fully saturated rings. The van der Waals surface area contributed by atoms with Gasteiger partial charge in [0.2, 0.25) is 0 Å². The number of aliphatic imine (C=N–C) groups is 1. The number of nitrogens with one attached hydrogen (secondary N) is 2. The number of amides is 1. The molecule has 2 atom stereocenters. The van der Waals surface area contributed by atoms with Gasteiger partial charge in [0, 0.05) is 42.7 Å². The van der Waals surface area contributed by atoms with Crippen molar-refractivity contribution in [3.8, 4) is 0 Å². The van der Waals surface area contributed by atoms with Gasteiger partial charge in [0.05, 0.1) is 30.8 Å². The number of nitrogens with zero attached hydrogens (tertiary/aromatic N) is 2. The lowest BCUT2D eigenvalue weighted by atomic mass is 10.2. The summed E-state index contributed by atoms with van der Waals surface area (Å²) in [6, 6.07) is 7.10. The second-order valence-electron chi connectivity index (χ2n) is 7.15. The highest BCUT2D eigenvalue weighted by Gasteiger charge is 2.42. The van der Waals surface area contributed by atoms with Gasteiger partial charge in [0.15, 0.2) is 15.0 Å². The van der Waals surface area contributed by atoms with E-state index in [-0.39, 0.29) is 28.7 Å². The molecule has 0 unspecified atom stereocenters. The van der Waals surface area contributed by atoms with Gasteiger partial charge in [0.25, 0.3) is 5.91 Å². The number of carbonyl (C=O) groups is 1. The lowest BCUT2D eigenvalue weighted by Gasteiger charge is -2.26. The Kier molecular flexibility index (Phi) is 5.91. The van der Waals surface area contributed by atoms with E-state index in [1.54, 1.807) is 12.1 Å². The summed E-state index contributed by atoms with van der Waals surface area (Å²) in [6.07, 6.45) is 0. The third-order valence-corrected chi connectivity index (χ3v) is 8.15. The van der Waals surface area contributed by atoms with E-state index in [1.807, 2.05) is 12.1 Å². The number of sulfone groups is 1. The molecule has 3 aliphatic heterocycles. The van der Waals surface area contributed by atoms with E-state index in [9.17, 15) is 13.2 Å². The number of benzene rings is 1. The van der Waals surface area contributed by atoms with Gasteiger partial charge < -0.3 is 15.4 Å². The first-order valence-electron chi connectivity index (χ1n) is 9.39. The number of hydrogen-bond donors (Lipinski definition) is 2. The topological polar surface area (TPSA) is 100 Å². The number of rotatable bonds is 5. The van der Waals surface area contributed by atoms with Crippen LogP contribution in [0, 0.1) is 0 Å². The Balaban J connectivity index is 1.30. The van der Waals surface area contributed by atoms with Crippen molar-refractivity contribution in [3.05, 3.63) is 29.8 Å². The molecule has 0 saturated carbocycles. The Hall–Kier alpha value is -1.62. The summed E-state index contributed by atoms with van der Waals surface area (Å²) in [4.78, 5) is 19.2. The smallest absolute Gasteiger partial charge is 0.251 e. The van der Waals surface area contributed by atoms with Crippen molar-refractivity contribution >= 4 is 38.4 Å². The molecule has 1 amide bonds. The van der Waals surface area contributed by atoms with E-state index < -0.39 is 9.84 Å². The summed E-state index contributed by atoms with van der Waals surface area (Å²) in [6.45, 7) is 4.70. The predicted octanol–water partition coefficient (Wildman–Crippen LogP) is 0.429. The molecule has 4 rings (SSSR count). The largest absolute Gasteiger partial charge is 0.379 e. The van der Waals surface area contributed by atoms with Crippen molar-refractivity contribution in [2.45, 2.75) is 11.3 Å². The fourth-order valence-electron chi connectivity index (χ4n) is 3.53. The molecule has 2 saturated heterocycles. The van der Waals surface area contributed by atoms with Crippen LogP contribution in [0.3, 0.4) is 0 Å². The molecule has 0 aliphatic carbocycles. The highest BCUT2D eigenvalue weighted by atomic mass is 32.2. The number of amidine groups is 1. The molecule has 8 nitrogen and oxygen atoms in total. The summed E-state index contributed by atoms with van der Waals surface area (Å²) < 4.78 is 28.6. The van der Waals surface area contributed by atoms with Crippen LogP contribution in [0.4, 0.5) is 5.69 Å². The monoisotopic (exact) mass is 424 g/mol. The average molecular weight is 425 g/mol. The van der Waals surface area contributed by atoms with Crippen LogP contribution in [0.25, 0.3) is 0 Å². The van der Waals surface area contributed by atoms with Crippen molar-refractivity contribution < 1.29 is 17.9 Å². The van der Waals surface area contributed by atoms with Gasteiger partial charge in [-0.1, -0.05) is 17.8 Å². The Morgan fingerprint density at radius 1 is 1.29 bits per heavy atom. The molecule has 0 spiro atoms. The van der Waals surface area contributed by atoms with Gasteiger partial charge in [-0.15, -0.1) is 0 Å². The Morgan fingerprint density at radius 2 is 2.11 bits per heavy atom. The summed E-state index contributed by atoms with van der Waals surface area (Å²) in [5.41, 5.74) is 1.35. The summed E-state index contributed by atoms with van der Waals surface area (Å²) in [5.74, 6) is 0.199. The summed E-state index contributed by atoms with van der Waals surface area (Å²) in [7, 11) is -2.96. The minimum atomic E-state index is -2.96. The molecule has 1 aromatic rings. The minimum absolute atomic E-state index is 0.000770. The van der Waals surface area contributed by atoms with Crippen molar-refractivity contribution in [1.82, 2.24) is 10.2 Å². The molecule has 3 heterocycles. The predicted molar refractivity (Wildman–Crippen MR) is 111 cm³/mol. The van der Waals surface area contributed by atoms with Gasteiger partial charge in [-0.05, 0) is 18.2 Å². The van der Waals surface area contributed by atoms with Crippen molar-refractivity contribution in [3.63, 3.8) is 0 Å². The van der Waals surface area contributed by atoms with E-state index >= 15 is 0 Å². The zero-order chi connectivity index (χ0) is 19.6. The van der Waals surface area contributed by atoms with Crippen LogP contribution in [-0.2, 0) is 14.6 Å². The number of thioether (sulfide) groups is 1. The highest BCUT2D eigenvalue weighted by molar-refractivity contribution is 8.15. The first-order chi connectivity index (χ1) is 13.5. The lowest BCUT2D eigenvalue weighted by molar-refractivity contribution is 0.0383. The zero-order valence-corrected chi connectivity index (χ0v) is 17.1. The molecule has 10 heteroatoms. The van der Waals surface area contributed by atoms with E-state index in [0.29, 0.717) is 12.1 Å².